The standard InChI is InChI=1S/C22H28N4O5S/c1-25(19-7-3-2-4-8-19)32(29,30)20-11-9-18(10-12-20)22(28)31-17-21(27)26(15-5-13-23)16-6-14-24/h9-12,19H,2-8,15-17H2,1H3. The lowest BCUT2D eigenvalue weighted by molar-refractivity contribution is -0.134. The number of rotatable bonds is 10. The minimum atomic E-state index is -3.67. The van der Waals surface area contributed by atoms with E-state index in [1.54, 1.807) is 7.05 Å². The van der Waals surface area contributed by atoms with Gasteiger partial charge in [-0.25, -0.2) is 13.2 Å². The van der Waals surface area contributed by atoms with Gasteiger partial charge in [0.2, 0.25) is 10.0 Å². The molecule has 0 spiro atoms. The zero-order chi connectivity index (χ0) is 23.6. The van der Waals surface area contributed by atoms with Gasteiger partial charge in [-0.15, -0.1) is 0 Å². The summed E-state index contributed by atoms with van der Waals surface area (Å²) in [6, 6.07) is 9.28. The number of nitrogens with zero attached hydrogens (tertiary/aromatic N) is 4. The maximum absolute atomic E-state index is 12.9. The van der Waals surface area contributed by atoms with Crippen LogP contribution in [0.2, 0.25) is 0 Å². The van der Waals surface area contributed by atoms with E-state index in [9.17, 15) is 18.0 Å². The van der Waals surface area contributed by atoms with Crippen LogP contribution in [0, 0.1) is 22.7 Å². The van der Waals surface area contributed by atoms with Crippen molar-refractivity contribution in [3.8, 4) is 12.1 Å². The third kappa shape index (κ3) is 6.78. The van der Waals surface area contributed by atoms with Crippen molar-refractivity contribution in [1.29, 1.82) is 10.5 Å². The van der Waals surface area contributed by atoms with Crippen LogP contribution in [0.25, 0.3) is 0 Å². The third-order valence-corrected chi connectivity index (χ3v) is 7.45. The molecule has 1 amide bonds. The molecule has 0 saturated heterocycles. The molecule has 1 aliphatic rings. The van der Waals surface area contributed by atoms with Gasteiger partial charge in [-0.05, 0) is 37.1 Å². The number of nitriles is 2. The highest BCUT2D eigenvalue weighted by Crippen LogP contribution is 2.26. The summed E-state index contributed by atoms with van der Waals surface area (Å²) >= 11 is 0. The van der Waals surface area contributed by atoms with E-state index in [2.05, 4.69) is 0 Å². The number of sulfonamides is 1. The molecular formula is C22H28N4O5S. The molecule has 1 aromatic rings. The maximum atomic E-state index is 12.9. The van der Waals surface area contributed by atoms with E-state index in [4.69, 9.17) is 15.3 Å². The molecule has 0 N–H and O–H groups in total. The van der Waals surface area contributed by atoms with Gasteiger partial charge in [0.25, 0.3) is 5.91 Å². The van der Waals surface area contributed by atoms with Gasteiger partial charge in [0, 0.05) is 26.2 Å². The van der Waals surface area contributed by atoms with Gasteiger partial charge in [-0.1, -0.05) is 19.3 Å². The van der Waals surface area contributed by atoms with Gasteiger partial charge in [0.1, 0.15) is 0 Å². The maximum Gasteiger partial charge on any atom is 0.338 e. The Morgan fingerprint density at radius 2 is 1.59 bits per heavy atom. The molecule has 9 nitrogen and oxygen atoms in total. The number of carbonyl (C=O) groups excluding carboxylic acids is 2. The summed E-state index contributed by atoms with van der Waals surface area (Å²) < 4.78 is 32.2. The number of benzene rings is 1. The van der Waals surface area contributed by atoms with Crippen molar-refractivity contribution in [1.82, 2.24) is 9.21 Å². The lowest BCUT2D eigenvalue weighted by atomic mass is 9.96. The van der Waals surface area contributed by atoms with E-state index >= 15 is 0 Å². The first-order valence-electron chi connectivity index (χ1n) is 10.6. The number of esters is 1. The Morgan fingerprint density at radius 3 is 2.12 bits per heavy atom. The summed E-state index contributed by atoms with van der Waals surface area (Å²) in [5.41, 5.74) is 0.123. The van der Waals surface area contributed by atoms with Crippen molar-refractivity contribution in [3.63, 3.8) is 0 Å². The third-order valence-electron chi connectivity index (χ3n) is 5.52. The van der Waals surface area contributed by atoms with E-state index in [1.165, 1.54) is 33.5 Å². The molecule has 0 unspecified atom stereocenters. The van der Waals surface area contributed by atoms with Crippen molar-refractivity contribution in [2.24, 2.45) is 0 Å². The molecule has 1 aromatic carbocycles. The normalized spacial score (nSPS) is 14.4. The topological polar surface area (TPSA) is 132 Å². The summed E-state index contributed by atoms with van der Waals surface area (Å²) in [6.45, 7) is -0.231. The van der Waals surface area contributed by atoms with Crippen LogP contribution in [-0.2, 0) is 19.6 Å². The van der Waals surface area contributed by atoms with Crippen LogP contribution in [0.5, 0.6) is 0 Å². The van der Waals surface area contributed by atoms with E-state index in [0.717, 1.165) is 32.1 Å². The van der Waals surface area contributed by atoms with Gasteiger partial charge < -0.3 is 9.64 Å². The monoisotopic (exact) mass is 460 g/mol. The Bertz CT molecular complexity index is 955. The summed E-state index contributed by atoms with van der Waals surface area (Å²) in [5.74, 6) is -1.26. The zero-order valence-corrected chi connectivity index (χ0v) is 19.0. The van der Waals surface area contributed by atoms with Crippen LogP contribution in [0.15, 0.2) is 29.2 Å². The van der Waals surface area contributed by atoms with E-state index in [-0.39, 0.29) is 42.4 Å². The number of ether oxygens (including phenoxy) is 1. The van der Waals surface area contributed by atoms with Gasteiger partial charge in [-0.2, -0.15) is 14.8 Å². The Kier molecular flexibility index (Phi) is 9.63. The largest absolute Gasteiger partial charge is 0.452 e. The highest BCUT2D eigenvalue weighted by atomic mass is 32.2. The highest BCUT2D eigenvalue weighted by molar-refractivity contribution is 7.89. The molecule has 172 valence electrons. The number of amides is 1. The second kappa shape index (κ2) is 12.2. The predicted octanol–water partition coefficient (Wildman–Crippen LogP) is 2.45. The zero-order valence-electron chi connectivity index (χ0n) is 18.2. The lowest BCUT2D eigenvalue weighted by Crippen LogP contribution is -2.38. The molecule has 0 radical (unpaired) electrons. The first-order chi connectivity index (χ1) is 15.3. The van der Waals surface area contributed by atoms with Crippen LogP contribution in [0.3, 0.4) is 0 Å². The Balaban J connectivity index is 1.98. The first kappa shape index (κ1) is 25.3. The molecule has 1 saturated carbocycles. The Morgan fingerprint density at radius 1 is 1.03 bits per heavy atom. The van der Waals surface area contributed by atoms with Crippen molar-refractivity contribution in [2.75, 3.05) is 26.7 Å². The van der Waals surface area contributed by atoms with Gasteiger partial charge >= 0.3 is 5.97 Å². The minimum absolute atomic E-state index is 0.0191. The molecule has 0 aromatic heterocycles. The van der Waals surface area contributed by atoms with Crippen LogP contribution < -0.4 is 0 Å². The molecule has 2 rings (SSSR count). The van der Waals surface area contributed by atoms with E-state index < -0.39 is 28.5 Å². The van der Waals surface area contributed by atoms with Crippen molar-refractivity contribution >= 4 is 21.9 Å². The van der Waals surface area contributed by atoms with E-state index in [1.807, 2.05) is 12.1 Å². The molecule has 1 fully saturated rings. The van der Waals surface area contributed by atoms with Crippen LogP contribution >= 0.6 is 0 Å². The Labute approximate surface area is 189 Å². The number of carbonyl (C=O) groups is 2. The first-order valence-corrected chi connectivity index (χ1v) is 12.0. The number of hydrogen-bond acceptors (Lipinski definition) is 7. The predicted molar refractivity (Wildman–Crippen MR) is 116 cm³/mol. The molecule has 0 heterocycles. The average molecular weight is 461 g/mol. The average Bonchev–Trinajstić information content (AvgIpc) is 2.82. The molecule has 32 heavy (non-hydrogen) atoms. The SMILES string of the molecule is CN(C1CCCCC1)S(=O)(=O)c1ccc(C(=O)OCC(=O)N(CCC#N)CCC#N)cc1. The van der Waals surface area contributed by atoms with Crippen molar-refractivity contribution in [2.45, 2.75) is 55.9 Å². The minimum Gasteiger partial charge on any atom is -0.452 e. The van der Waals surface area contributed by atoms with E-state index in [0.29, 0.717) is 0 Å². The smallest absolute Gasteiger partial charge is 0.338 e. The highest BCUT2D eigenvalue weighted by Gasteiger charge is 2.29. The Hall–Kier alpha value is -2.95. The van der Waals surface area contributed by atoms with Crippen LogP contribution in [0.4, 0.5) is 0 Å². The second-order valence-corrected chi connectivity index (χ2v) is 9.61. The molecule has 0 bridgehead atoms. The summed E-state index contributed by atoms with van der Waals surface area (Å²) in [4.78, 5) is 25.9. The summed E-state index contributed by atoms with van der Waals surface area (Å²) in [5, 5.41) is 17.4. The fourth-order valence-corrected chi connectivity index (χ4v) is 5.02. The summed E-state index contributed by atoms with van der Waals surface area (Å²) in [7, 11) is -2.08. The van der Waals surface area contributed by atoms with Gasteiger partial charge in [0.15, 0.2) is 6.61 Å². The second-order valence-electron chi connectivity index (χ2n) is 7.61. The molecule has 0 atom stereocenters. The summed E-state index contributed by atoms with van der Waals surface area (Å²) in [6.07, 6.45) is 5.05. The molecule has 0 aliphatic heterocycles. The van der Waals surface area contributed by atoms with Gasteiger partial charge in [0.05, 0.1) is 35.4 Å². The fourth-order valence-electron chi connectivity index (χ4n) is 3.60. The number of hydrogen-bond donors (Lipinski definition) is 0. The molecule has 1 aliphatic carbocycles. The van der Waals surface area contributed by atoms with Gasteiger partial charge in [-0.3, -0.25) is 4.79 Å². The van der Waals surface area contributed by atoms with Crippen LogP contribution in [-0.4, -0.2) is 62.3 Å². The quantitative estimate of drug-likeness (QED) is 0.490. The van der Waals surface area contributed by atoms with Crippen LogP contribution in [0.1, 0.15) is 55.3 Å². The van der Waals surface area contributed by atoms with Crippen molar-refractivity contribution < 1.29 is 22.7 Å². The lowest BCUT2D eigenvalue weighted by Gasteiger charge is -2.30. The van der Waals surface area contributed by atoms with Crippen molar-refractivity contribution in [3.05, 3.63) is 29.8 Å². The molecule has 10 heteroatoms. The fraction of sp³-hybridized carbons (Fsp3) is 0.545. The molecular weight excluding hydrogens is 432 g/mol.